The summed E-state index contributed by atoms with van der Waals surface area (Å²) in [6.45, 7) is 5.29. The summed E-state index contributed by atoms with van der Waals surface area (Å²) < 4.78 is 17.6. The van der Waals surface area contributed by atoms with Crippen LogP contribution in [0, 0.1) is 12.7 Å². The molecule has 2 aliphatic heterocycles. The average Bonchev–Trinajstić information content (AvgIpc) is 3.47. The number of likely N-dealkylation sites (tertiary alicyclic amines) is 1. The second-order valence-corrected chi connectivity index (χ2v) is 9.84. The normalized spacial score (nSPS) is 16.5. The van der Waals surface area contributed by atoms with E-state index in [0.717, 1.165) is 77.6 Å². The number of benzene rings is 1. The molecule has 0 atom stereocenters. The Kier molecular flexibility index (Phi) is 5.38. The summed E-state index contributed by atoms with van der Waals surface area (Å²) in [5.74, 6) is 0.680. The lowest BCUT2D eigenvalue weighted by Gasteiger charge is -2.30. The van der Waals surface area contributed by atoms with Crippen LogP contribution < -0.4 is 5.56 Å². The van der Waals surface area contributed by atoms with Crippen LogP contribution in [0.3, 0.4) is 0 Å². The van der Waals surface area contributed by atoms with Gasteiger partial charge in [0, 0.05) is 54.6 Å². The third-order valence-corrected chi connectivity index (χ3v) is 7.78. The molecule has 0 unspecified atom stereocenters. The van der Waals surface area contributed by atoms with Gasteiger partial charge in [-0.3, -0.25) is 9.20 Å². The molecule has 2 aliphatic rings. The van der Waals surface area contributed by atoms with Crippen molar-refractivity contribution in [3.63, 3.8) is 0 Å². The third kappa shape index (κ3) is 3.69. The Morgan fingerprint density at radius 2 is 2.00 bits per heavy atom. The van der Waals surface area contributed by atoms with Crippen molar-refractivity contribution in [1.82, 2.24) is 29.0 Å². The van der Waals surface area contributed by atoms with E-state index in [0.29, 0.717) is 13.0 Å². The van der Waals surface area contributed by atoms with Crippen molar-refractivity contribution in [2.75, 3.05) is 19.6 Å². The van der Waals surface area contributed by atoms with Gasteiger partial charge < -0.3 is 4.90 Å². The number of aromatic nitrogens is 5. The number of piperidine rings is 1. The number of thiazole rings is 1. The summed E-state index contributed by atoms with van der Waals surface area (Å²) in [5.41, 5.74) is 6.23. The predicted molar refractivity (Wildman–Crippen MR) is 130 cm³/mol. The molecule has 7 nitrogen and oxygen atoms in total. The molecule has 0 spiro atoms. The van der Waals surface area contributed by atoms with Gasteiger partial charge in [-0.2, -0.15) is 5.10 Å². The van der Waals surface area contributed by atoms with Gasteiger partial charge in [0.1, 0.15) is 12.1 Å². The minimum Gasteiger partial charge on any atom is -0.302 e. The van der Waals surface area contributed by atoms with Crippen LogP contribution in [-0.4, -0.2) is 48.7 Å². The Balaban J connectivity index is 1.24. The molecule has 0 amide bonds. The van der Waals surface area contributed by atoms with Gasteiger partial charge >= 0.3 is 0 Å². The summed E-state index contributed by atoms with van der Waals surface area (Å²) in [5, 5.41) is 6.31. The molecular weight excluding hydrogens is 451 g/mol. The number of hydrogen-bond donors (Lipinski definition) is 0. The zero-order valence-electron chi connectivity index (χ0n) is 19.0. The fourth-order valence-electron chi connectivity index (χ4n) is 5.20. The van der Waals surface area contributed by atoms with E-state index in [2.05, 4.69) is 20.0 Å². The summed E-state index contributed by atoms with van der Waals surface area (Å²) in [6.07, 6.45) is 6.67. The van der Waals surface area contributed by atoms with Crippen molar-refractivity contribution in [2.45, 2.75) is 39.2 Å². The average molecular weight is 477 g/mol. The molecule has 5 heterocycles. The molecule has 0 N–H and O–H groups in total. The van der Waals surface area contributed by atoms with Crippen LogP contribution in [0.2, 0.25) is 0 Å². The first-order valence-corrected chi connectivity index (χ1v) is 12.5. The number of aryl methyl sites for hydroxylation is 3. The van der Waals surface area contributed by atoms with Gasteiger partial charge in [-0.1, -0.05) is 11.6 Å². The number of rotatable bonds is 3. The first-order chi connectivity index (χ1) is 16.6. The summed E-state index contributed by atoms with van der Waals surface area (Å²) in [7, 11) is 0. The summed E-state index contributed by atoms with van der Waals surface area (Å²) >= 11 is 1.48. The number of halogens is 1. The molecule has 3 aromatic heterocycles. The summed E-state index contributed by atoms with van der Waals surface area (Å²) in [4.78, 5) is 25.2. The molecule has 0 aliphatic carbocycles. The van der Waals surface area contributed by atoms with Crippen LogP contribution >= 0.6 is 11.3 Å². The van der Waals surface area contributed by atoms with Crippen molar-refractivity contribution in [2.24, 2.45) is 0 Å². The van der Waals surface area contributed by atoms with Crippen LogP contribution in [-0.2, 0) is 19.4 Å². The van der Waals surface area contributed by atoms with Gasteiger partial charge in [0.15, 0.2) is 10.8 Å². The SMILES string of the molecule is Cc1nc2sccn2c(=O)c1CCN1CCC(=C2c3ccc(F)cc3CCn3ncnc32)CC1. The van der Waals surface area contributed by atoms with E-state index < -0.39 is 0 Å². The van der Waals surface area contributed by atoms with Gasteiger partial charge in [-0.05, 0) is 55.9 Å². The van der Waals surface area contributed by atoms with Crippen molar-refractivity contribution < 1.29 is 4.39 Å². The highest BCUT2D eigenvalue weighted by Crippen LogP contribution is 2.35. The van der Waals surface area contributed by atoms with E-state index in [1.54, 1.807) is 29.1 Å². The Hall–Kier alpha value is -3.17. The second kappa shape index (κ2) is 8.56. The standard InChI is InChI=1S/C25H25FN6OS/c1-16-20(24(33)31-12-13-34-25(31)29-16)7-10-30-8-4-17(5-9-30)22-21-3-2-19(26)14-18(21)6-11-32-23(22)27-15-28-32/h2-3,12-15H,4-11H2,1H3. The van der Waals surface area contributed by atoms with Crippen molar-refractivity contribution in [1.29, 1.82) is 0 Å². The molecule has 174 valence electrons. The highest BCUT2D eigenvalue weighted by Gasteiger charge is 2.26. The fourth-order valence-corrected chi connectivity index (χ4v) is 5.95. The lowest BCUT2D eigenvalue weighted by atomic mass is 9.89. The Morgan fingerprint density at radius 1 is 1.15 bits per heavy atom. The first-order valence-electron chi connectivity index (χ1n) is 11.6. The lowest BCUT2D eigenvalue weighted by Crippen LogP contribution is -2.34. The lowest BCUT2D eigenvalue weighted by molar-refractivity contribution is 0.259. The van der Waals surface area contributed by atoms with Crippen molar-refractivity contribution >= 4 is 21.9 Å². The van der Waals surface area contributed by atoms with E-state index in [4.69, 9.17) is 0 Å². The minimum absolute atomic E-state index is 0.0465. The van der Waals surface area contributed by atoms with E-state index >= 15 is 0 Å². The van der Waals surface area contributed by atoms with Crippen molar-refractivity contribution in [3.8, 4) is 0 Å². The van der Waals surface area contributed by atoms with E-state index in [9.17, 15) is 9.18 Å². The molecule has 6 rings (SSSR count). The maximum absolute atomic E-state index is 14.0. The van der Waals surface area contributed by atoms with Gasteiger partial charge in [-0.25, -0.2) is 19.0 Å². The van der Waals surface area contributed by atoms with Crippen LogP contribution in [0.1, 0.15) is 41.1 Å². The topological polar surface area (TPSA) is 68.3 Å². The van der Waals surface area contributed by atoms with E-state index in [1.807, 2.05) is 23.1 Å². The molecule has 4 aromatic rings. The van der Waals surface area contributed by atoms with Gasteiger partial charge in [0.05, 0.1) is 0 Å². The molecule has 1 fully saturated rings. The third-order valence-electron chi connectivity index (χ3n) is 7.03. The van der Waals surface area contributed by atoms with Gasteiger partial charge in [0.25, 0.3) is 5.56 Å². The highest BCUT2D eigenvalue weighted by atomic mass is 32.1. The quantitative estimate of drug-likeness (QED) is 0.453. The number of nitrogens with zero attached hydrogens (tertiary/aromatic N) is 6. The second-order valence-electron chi connectivity index (χ2n) is 8.96. The molecule has 1 saturated heterocycles. The van der Waals surface area contributed by atoms with E-state index in [1.165, 1.54) is 16.9 Å². The molecular formula is C25H25FN6OS. The fraction of sp³-hybridized carbons (Fsp3) is 0.360. The largest absolute Gasteiger partial charge is 0.302 e. The van der Waals surface area contributed by atoms with Crippen LogP contribution in [0.5, 0.6) is 0 Å². The van der Waals surface area contributed by atoms with E-state index in [-0.39, 0.29) is 11.4 Å². The van der Waals surface area contributed by atoms with Gasteiger partial charge in [-0.15, -0.1) is 11.3 Å². The molecule has 9 heteroatoms. The number of fused-ring (bicyclic) bond motifs is 3. The first kappa shape index (κ1) is 21.4. The zero-order valence-corrected chi connectivity index (χ0v) is 19.8. The Bertz CT molecular complexity index is 1470. The van der Waals surface area contributed by atoms with Crippen LogP contribution in [0.15, 0.2) is 46.5 Å². The monoisotopic (exact) mass is 476 g/mol. The van der Waals surface area contributed by atoms with Gasteiger partial charge in [0.2, 0.25) is 0 Å². The molecule has 1 aromatic carbocycles. The summed E-state index contributed by atoms with van der Waals surface area (Å²) in [6, 6.07) is 5.09. The molecule has 34 heavy (non-hydrogen) atoms. The molecule has 0 bridgehead atoms. The molecule has 0 saturated carbocycles. The Morgan fingerprint density at radius 3 is 2.85 bits per heavy atom. The number of hydrogen-bond acceptors (Lipinski definition) is 6. The minimum atomic E-state index is -0.202. The predicted octanol–water partition coefficient (Wildman–Crippen LogP) is 3.49. The maximum atomic E-state index is 14.0. The smallest absolute Gasteiger partial charge is 0.261 e. The maximum Gasteiger partial charge on any atom is 0.261 e. The Labute approximate surface area is 200 Å². The van der Waals surface area contributed by atoms with Crippen LogP contribution in [0.4, 0.5) is 4.39 Å². The molecule has 0 radical (unpaired) electrons. The highest BCUT2D eigenvalue weighted by molar-refractivity contribution is 7.15. The van der Waals surface area contributed by atoms with Crippen LogP contribution in [0.25, 0.3) is 10.5 Å². The zero-order chi connectivity index (χ0) is 23.2. The van der Waals surface area contributed by atoms with Crippen molar-refractivity contribution in [3.05, 3.63) is 86.1 Å².